The number of hydrogen-bond donors (Lipinski definition) is 2. The second-order valence-electron chi connectivity index (χ2n) is 2.68. The maximum atomic E-state index is 13.3. The van der Waals surface area contributed by atoms with Gasteiger partial charge in [0.25, 0.3) is 0 Å². The molecule has 0 atom stereocenters. The number of hydrogen-bond acceptors (Lipinski definition) is 3. The second-order valence-corrected chi connectivity index (χ2v) is 3.08. The molecule has 0 aromatic heterocycles. The van der Waals surface area contributed by atoms with Crippen molar-refractivity contribution in [3.63, 3.8) is 0 Å². The number of nitrogens with two attached hydrogens (primary N) is 2. The van der Waals surface area contributed by atoms with Crippen LogP contribution in [0.25, 0.3) is 0 Å². The first kappa shape index (κ1) is 14.7. The summed E-state index contributed by atoms with van der Waals surface area (Å²) >= 11 is 5.58. The molecule has 0 heterocycles. The summed E-state index contributed by atoms with van der Waals surface area (Å²) in [5.41, 5.74) is 0.806. The fourth-order valence-corrected chi connectivity index (χ4v) is 1.26. The standard InChI is InChI=1S/C8H10ClFN4.C2H6/c1-5-7(14(12)4-13-11)3-2-6(9)8(5)10;1-2/h2-4H,11-12H2,1H3;1-2H3/b13-4-;. The molecule has 4 nitrogen and oxygen atoms in total. The third kappa shape index (κ3) is 3.36. The Labute approximate surface area is 99.6 Å². The molecule has 0 spiro atoms. The van der Waals surface area contributed by atoms with Crippen LogP contribution in [0.2, 0.25) is 5.02 Å². The quantitative estimate of drug-likeness (QED) is 0.364. The molecule has 16 heavy (non-hydrogen) atoms. The highest BCUT2D eigenvalue weighted by Gasteiger charge is 2.10. The van der Waals surface area contributed by atoms with E-state index in [2.05, 4.69) is 5.10 Å². The van der Waals surface area contributed by atoms with Crippen molar-refractivity contribution in [1.82, 2.24) is 0 Å². The highest BCUT2D eigenvalue weighted by atomic mass is 35.5. The predicted molar refractivity (Wildman–Crippen MR) is 66.8 cm³/mol. The van der Waals surface area contributed by atoms with Gasteiger partial charge in [-0.15, -0.1) is 0 Å². The van der Waals surface area contributed by atoms with Crippen molar-refractivity contribution in [2.75, 3.05) is 5.01 Å². The summed E-state index contributed by atoms with van der Waals surface area (Å²) in [6, 6.07) is 3.01. The number of benzene rings is 1. The number of nitrogens with zero attached hydrogens (tertiary/aromatic N) is 2. The molecule has 0 aliphatic rings. The first-order valence-electron chi connectivity index (χ1n) is 4.80. The molecule has 0 aliphatic carbocycles. The predicted octanol–water partition coefficient (Wildman–Crippen LogP) is 2.40. The monoisotopic (exact) mass is 246 g/mol. The van der Waals surface area contributed by atoms with Crippen LogP contribution in [0.1, 0.15) is 19.4 Å². The normalized spacial score (nSPS) is 9.88. The van der Waals surface area contributed by atoms with Crippen molar-refractivity contribution in [2.45, 2.75) is 20.8 Å². The lowest BCUT2D eigenvalue weighted by Gasteiger charge is -2.15. The van der Waals surface area contributed by atoms with Crippen LogP contribution in [-0.2, 0) is 0 Å². The zero-order valence-electron chi connectivity index (χ0n) is 9.54. The van der Waals surface area contributed by atoms with E-state index in [1.54, 1.807) is 13.0 Å². The molecule has 1 aromatic carbocycles. The number of rotatable bonds is 2. The van der Waals surface area contributed by atoms with Gasteiger partial charge in [0.1, 0.15) is 12.2 Å². The van der Waals surface area contributed by atoms with Crippen molar-refractivity contribution in [2.24, 2.45) is 16.8 Å². The van der Waals surface area contributed by atoms with E-state index in [1.165, 1.54) is 12.4 Å². The lowest BCUT2D eigenvalue weighted by Crippen LogP contribution is -2.30. The van der Waals surface area contributed by atoms with Gasteiger partial charge in [0, 0.05) is 5.56 Å². The van der Waals surface area contributed by atoms with Crippen LogP contribution in [0.15, 0.2) is 17.2 Å². The largest absolute Gasteiger partial charge is 0.322 e. The molecule has 0 radical (unpaired) electrons. The molecule has 6 heteroatoms. The molecule has 0 aliphatic heterocycles. The molecule has 0 saturated carbocycles. The summed E-state index contributed by atoms with van der Waals surface area (Å²) in [5, 5.41) is 4.41. The minimum absolute atomic E-state index is 0.0596. The van der Waals surface area contributed by atoms with Crippen LogP contribution in [0, 0.1) is 12.7 Å². The van der Waals surface area contributed by atoms with Crippen LogP contribution in [0.4, 0.5) is 10.1 Å². The van der Waals surface area contributed by atoms with E-state index in [-0.39, 0.29) is 5.02 Å². The fraction of sp³-hybridized carbons (Fsp3) is 0.300. The zero-order chi connectivity index (χ0) is 12.7. The van der Waals surface area contributed by atoms with Gasteiger partial charge in [0.2, 0.25) is 0 Å². The van der Waals surface area contributed by atoms with Gasteiger partial charge < -0.3 is 5.84 Å². The topological polar surface area (TPSA) is 67.6 Å². The summed E-state index contributed by atoms with van der Waals surface area (Å²) in [7, 11) is 0. The number of hydrazine groups is 1. The maximum absolute atomic E-state index is 13.3. The van der Waals surface area contributed by atoms with Gasteiger partial charge in [-0.1, -0.05) is 25.4 Å². The molecule has 0 amide bonds. The third-order valence-corrected chi connectivity index (χ3v) is 2.07. The second kappa shape index (κ2) is 7.03. The summed E-state index contributed by atoms with van der Waals surface area (Å²) < 4.78 is 13.3. The summed E-state index contributed by atoms with van der Waals surface area (Å²) in [5.74, 6) is 9.94. The van der Waals surface area contributed by atoms with Crippen molar-refractivity contribution in [3.8, 4) is 0 Å². The van der Waals surface area contributed by atoms with Crippen molar-refractivity contribution < 1.29 is 4.39 Å². The van der Waals surface area contributed by atoms with Crippen LogP contribution in [-0.4, -0.2) is 6.34 Å². The van der Waals surface area contributed by atoms with E-state index in [4.69, 9.17) is 23.3 Å². The van der Waals surface area contributed by atoms with E-state index < -0.39 is 5.82 Å². The summed E-state index contributed by atoms with van der Waals surface area (Å²) in [6.45, 7) is 5.57. The average molecular weight is 247 g/mol. The molecule has 0 unspecified atom stereocenters. The van der Waals surface area contributed by atoms with Crippen molar-refractivity contribution in [3.05, 3.63) is 28.5 Å². The number of halogens is 2. The Morgan fingerprint density at radius 2 is 2.00 bits per heavy atom. The Kier molecular flexibility index (Phi) is 6.44. The lowest BCUT2D eigenvalue weighted by molar-refractivity contribution is 0.619. The van der Waals surface area contributed by atoms with Gasteiger partial charge >= 0.3 is 0 Å². The van der Waals surface area contributed by atoms with E-state index in [0.29, 0.717) is 11.3 Å². The van der Waals surface area contributed by atoms with E-state index >= 15 is 0 Å². The minimum atomic E-state index is -0.495. The molecule has 90 valence electrons. The molecule has 0 bridgehead atoms. The van der Waals surface area contributed by atoms with Crippen molar-refractivity contribution >= 4 is 23.6 Å². The Hall–Kier alpha value is -1.33. The highest BCUT2D eigenvalue weighted by Crippen LogP contribution is 2.25. The van der Waals surface area contributed by atoms with E-state index in [0.717, 1.165) is 5.01 Å². The van der Waals surface area contributed by atoms with Crippen LogP contribution < -0.4 is 16.7 Å². The lowest BCUT2D eigenvalue weighted by atomic mass is 10.2. The SMILES string of the molecule is CC.Cc1c(N(N)/C=N\N)ccc(Cl)c1F. The Balaban J connectivity index is 0.00000106. The van der Waals surface area contributed by atoms with Gasteiger partial charge in [-0.3, -0.25) is 5.01 Å². The number of hydrazone groups is 1. The van der Waals surface area contributed by atoms with Crippen LogP contribution >= 0.6 is 11.6 Å². The van der Waals surface area contributed by atoms with E-state index in [9.17, 15) is 4.39 Å². The first-order valence-corrected chi connectivity index (χ1v) is 5.17. The van der Waals surface area contributed by atoms with Crippen molar-refractivity contribution in [1.29, 1.82) is 0 Å². The Morgan fingerprint density at radius 1 is 1.44 bits per heavy atom. The smallest absolute Gasteiger partial charge is 0.146 e. The van der Waals surface area contributed by atoms with Crippen LogP contribution in [0.5, 0.6) is 0 Å². The van der Waals surface area contributed by atoms with E-state index in [1.807, 2.05) is 13.8 Å². The number of anilines is 1. The Morgan fingerprint density at radius 3 is 2.50 bits per heavy atom. The average Bonchev–Trinajstić information content (AvgIpc) is 2.29. The molecule has 4 N–H and O–H groups in total. The molecule has 1 rings (SSSR count). The molecular weight excluding hydrogens is 231 g/mol. The minimum Gasteiger partial charge on any atom is -0.322 e. The maximum Gasteiger partial charge on any atom is 0.146 e. The fourth-order valence-electron chi connectivity index (χ4n) is 1.06. The highest BCUT2D eigenvalue weighted by molar-refractivity contribution is 6.30. The molecule has 0 saturated heterocycles. The van der Waals surface area contributed by atoms with Gasteiger partial charge in [0.05, 0.1) is 10.7 Å². The van der Waals surface area contributed by atoms with Crippen LogP contribution in [0.3, 0.4) is 0 Å². The zero-order valence-corrected chi connectivity index (χ0v) is 10.3. The summed E-state index contributed by atoms with van der Waals surface area (Å²) in [6.07, 6.45) is 1.18. The van der Waals surface area contributed by atoms with Gasteiger partial charge in [-0.2, -0.15) is 5.10 Å². The summed E-state index contributed by atoms with van der Waals surface area (Å²) in [4.78, 5) is 0. The van der Waals surface area contributed by atoms with Gasteiger partial charge in [-0.25, -0.2) is 10.2 Å². The Bertz CT molecular complexity index is 368. The molecular formula is C10H16ClFN4. The van der Waals surface area contributed by atoms with Gasteiger partial charge in [0.15, 0.2) is 0 Å². The van der Waals surface area contributed by atoms with Gasteiger partial charge in [-0.05, 0) is 19.1 Å². The first-order chi connectivity index (χ1) is 7.57. The molecule has 1 aromatic rings. The molecule has 0 fully saturated rings. The third-order valence-electron chi connectivity index (χ3n) is 1.78.